The van der Waals surface area contributed by atoms with Gasteiger partial charge in [0.1, 0.15) is 0 Å². The molecule has 2 fully saturated rings. The minimum atomic E-state index is -0.794. The molecule has 0 radical (unpaired) electrons. The predicted molar refractivity (Wildman–Crippen MR) is 96.9 cm³/mol. The summed E-state index contributed by atoms with van der Waals surface area (Å²) in [6, 6.07) is 1.77. The van der Waals surface area contributed by atoms with E-state index in [0.29, 0.717) is 38.5 Å². The molecule has 1 aromatic rings. The van der Waals surface area contributed by atoms with Crippen LogP contribution in [-0.4, -0.2) is 68.9 Å². The Morgan fingerprint density at radius 2 is 2.12 bits per heavy atom. The molecule has 7 nitrogen and oxygen atoms in total. The lowest BCUT2D eigenvalue weighted by atomic mass is 9.95. The number of nitrogens with zero attached hydrogens (tertiary/aromatic N) is 4. The number of aromatic nitrogens is 2. The molecule has 3 aliphatic rings. The summed E-state index contributed by atoms with van der Waals surface area (Å²) in [6.45, 7) is 5.60. The van der Waals surface area contributed by atoms with Crippen molar-refractivity contribution in [3.05, 3.63) is 27.7 Å². The quantitative estimate of drug-likeness (QED) is 0.820. The topological polar surface area (TPSA) is 78.7 Å². The van der Waals surface area contributed by atoms with Crippen LogP contribution in [0.3, 0.4) is 0 Å². The van der Waals surface area contributed by atoms with Gasteiger partial charge in [-0.2, -0.15) is 5.10 Å². The Morgan fingerprint density at radius 3 is 2.85 bits per heavy atom. The van der Waals surface area contributed by atoms with Gasteiger partial charge in [0.15, 0.2) is 0 Å². The number of carbonyl (C=O) groups is 1. The van der Waals surface area contributed by atoms with Gasteiger partial charge in [-0.15, -0.1) is 0 Å². The fraction of sp³-hybridized carbons (Fsp3) is 0.737. The number of hydrogen-bond donors (Lipinski definition) is 1. The largest absolute Gasteiger partial charge is 0.387 e. The molecule has 2 saturated heterocycles. The van der Waals surface area contributed by atoms with Gasteiger partial charge in [-0.05, 0) is 37.7 Å². The van der Waals surface area contributed by atoms with E-state index in [-0.39, 0.29) is 11.5 Å². The zero-order chi connectivity index (χ0) is 18.3. The van der Waals surface area contributed by atoms with Crippen LogP contribution < -0.4 is 5.56 Å². The molecule has 1 amide bonds. The summed E-state index contributed by atoms with van der Waals surface area (Å²) < 4.78 is 1.63. The first kappa shape index (κ1) is 17.7. The summed E-state index contributed by atoms with van der Waals surface area (Å²) in [7, 11) is 0. The van der Waals surface area contributed by atoms with E-state index in [1.807, 2.05) is 0 Å². The van der Waals surface area contributed by atoms with Crippen LogP contribution in [0, 0.1) is 5.92 Å². The Morgan fingerprint density at radius 1 is 1.35 bits per heavy atom. The second kappa shape index (κ2) is 6.78. The van der Waals surface area contributed by atoms with Gasteiger partial charge in [0, 0.05) is 45.1 Å². The maximum atomic E-state index is 12.3. The highest BCUT2D eigenvalue weighted by atomic mass is 16.3. The molecule has 1 aliphatic carbocycles. The van der Waals surface area contributed by atoms with Crippen LogP contribution in [0.15, 0.2) is 10.9 Å². The summed E-state index contributed by atoms with van der Waals surface area (Å²) in [4.78, 5) is 27.7. The Bertz CT molecular complexity index is 756. The van der Waals surface area contributed by atoms with Crippen LogP contribution in [0.2, 0.25) is 0 Å². The van der Waals surface area contributed by atoms with E-state index >= 15 is 0 Å². The zero-order valence-corrected chi connectivity index (χ0v) is 15.5. The number of hydrogen-bond acceptors (Lipinski definition) is 5. The second-order valence-corrected chi connectivity index (χ2v) is 8.32. The average molecular weight is 360 g/mol. The Kier molecular flexibility index (Phi) is 4.61. The minimum absolute atomic E-state index is 0.00983. The van der Waals surface area contributed by atoms with E-state index in [1.165, 1.54) is 0 Å². The maximum Gasteiger partial charge on any atom is 0.267 e. The predicted octanol–water partition coefficient (Wildman–Crippen LogP) is 0.0372. The van der Waals surface area contributed by atoms with Crippen LogP contribution in [-0.2, 0) is 24.2 Å². The number of rotatable bonds is 4. The molecule has 2 aliphatic heterocycles. The SMILES string of the molecule is CC(=O)N1CCC(O)(CN2CC(Cn3nc4c(cc3=O)CCCC4)C2)C1. The monoisotopic (exact) mass is 360 g/mol. The van der Waals surface area contributed by atoms with E-state index in [1.54, 1.807) is 22.6 Å². The van der Waals surface area contributed by atoms with Crippen molar-refractivity contribution in [2.45, 2.75) is 51.2 Å². The normalized spacial score (nSPS) is 26.6. The Balaban J connectivity index is 1.31. The summed E-state index contributed by atoms with van der Waals surface area (Å²) in [6.07, 6.45) is 4.90. The average Bonchev–Trinajstić information content (AvgIpc) is 2.96. The molecule has 1 unspecified atom stereocenters. The lowest BCUT2D eigenvalue weighted by Gasteiger charge is -2.42. The highest BCUT2D eigenvalue weighted by Crippen LogP contribution is 2.27. The van der Waals surface area contributed by atoms with Crippen molar-refractivity contribution in [2.24, 2.45) is 5.92 Å². The molecule has 1 N–H and O–H groups in total. The minimum Gasteiger partial charge on any atom is -0.387 e. The summed E-state index contributed by atoms with van der Waals surface area (Å²) in [5.41, 5.74) is 1.44. The lowest BCUT2D eigenvalue weighted by Crippen LogP contribution is -2.56. The number of amides is 1. The molecular formula is C19H28N4O3. The van der Waals surface area contributed by atoms with Crippen molar-refractivity contribution < 1.29 is 9.90 Å². The van der Waals surface area contributed by atoms with Crippen molar-refractivity contribution >= 4 is 5.91 Å². The van der Waals surface area contributed by atoms with Crippen LogP contribution in [0.5, 0.6) is 0 Å². The van der Waals surface area contributed by atoms with Crippen molar-refractivity contribution in [1.29, 1.82) is 0 Å². The molecular weight excluding hydrogens is 332 g/mol. The molecule has 26 heavy (non-hydrogen) atoms. The van der Waals surface area contributed by atoms with Crippen molar-refractivity contribution in [2.75, 3.05) is 32.7 Å². The molecule has 1 aromatic heterocycles. The van der Waals surface area contributed by atoms with Crippen molar-refractivity contribution in [3.63, 3.8) is 0 Å². The highest BCUT2D eigenvalue weighted by Gasteiger charge is 2.41. The van der Waals surface area contributed by atoms with E-state index in [2.05, 4.69) is 10.00 Å². The number of carbonyl (C=O) groups excluding carboxylic acids is 1. The van der Waals surface area contributed by atoms with Gasteiger partial charge in [0.2, 0.25) is 5.91 Å². The lowest BCUT2D eigenvalue weighted by molar-refractivity contribution is -0.129. The van der Waals surface area contributed by atoms with Crippen LogP contribution in [0.4, 0.5) is 0 Å². The van der Waals surface area contributed by atoms with Gasteiger partial charge in [0.25, 0.3) is 5.56 Å². The smallest absolute Gasteiger partial charge is 0.267 e. The molecule has 0 spiro atoms. The second-order valence-electron chi connectivity index (χ2n) is 8.32. The van der Waals surface area contributed by atoms with Gasteiger partial charge in [-0.3, -0.25) is 14.5 Å². The maximum absolute atomic E-state index is 12.3. The third kappa shape index (κ3) is 3.55. The summed E-state index contributed by atoms with van der Waals surface area (Å²) >= 11 is 0. The number of β-amino-alcohol motifs (C(OH)–C–C–N with tert-alkyl or cyclic N) is 1. The third-order valence-corrected chi connectivity index (χ3v) is 6.03. The van der Waals surface area contributed by atoms with Gasteiger partial charge in [0.05, 0.1) is 24.4 Å². The van der Waals surface area contributed by atoms with Gasteiger partial charge < -0.3 is 10.0 Å². The number of fused-ring (bicyclic) bond motifs is 1. The third-order valence-electron chi connectivity index (χ3n) is 6.03. The summed E-state index contributed by atoms with van der Waals surface area (Å²) in [5, 5.41) is 15.3. The highest BCUT2D eigenvalue weighted by molar-refractivity contribution is 5.73. The van der Waals surface area contributed by atoms with E-state index < -0.39 is 5.60 Å². The van der Waals surface area contributed by atoms with E-state index in [0.717, 1.165) is 50.0 Å². The fourth-order valence-corrected chi connectivity index (χ4v) is 4.57. The van der Waals surface area contributed by atoms with Crippen molar-refractivity contribution in [1.82, 2.24) is 19.6 Å². The van der Waals surface area contributed by atoms with Crippen LogP contribution in [0.1, 0.15) is 37.4 Å². The first-order valence-corrected chi connectivity index (χ1v) is 9.72. The molecule has 4 rings (SSSR count). The van der Waals surface area contributed by atoms with Gasteiger partial charge in [-0.25, -0.2) is 4.68 Å². The summed E-state index contributed by atoms with van der Waals surface area (Å²) in [5.74, 6) is 0.427. The van der Waals surface area contributed by atoms with Crippen LogP contribution >= 0.6 is 0 Å². The van der Waals surface area contributed by atoms with Crippen molar-refractivity contribution in [3.8, 4) is 0 Å². The van der Waals surface area contributed by atoms with E-state index in [4.69, 9.17) is 0 Å². The number of aryl methyl sites for hydroxylation is 2. The Labute approximate surface area is 153 Å². The molecule has 0 saturated carbocycles. The molecule has 1 atom stereocenters. The van der Waals surface area contributed by atoms with Gasteiger partial charge in [-0.1, -0.05) is 0 Å². The first-order chi connectivity index (χ1) is 12.4. The molecule has 0 bridgehead atoms. The number of likely N-dealkylation sites (tertiary alicyclic amines) is 2. The fourth-order valence-electron chi connectivity index (χ4n) is 4.57. The standard InChI is InChI=1S/C19H28N4O3/c1-14(24)22-7-6-19(26,13-22)12-21-9-15(10-21)11-23-18(25)8-16-4-2-3-5-17(16)20-23/h8,15,26H,2-7,9-13H2,1H3. The number of aliphatic hydroxyl groups is 1. The Hall–Kier alpha value is -1.73. The van der Waals surface area contributed by atoms with E-state index in [9.17, 15) is 14.7 Å². The molecule has 3 heterocycles. The first-order valence-electron chi connectivity index (χ1n) is 9.72. The van der Waals surface area contributed by atoms with Gasteiger partial charge >= 0.3 is 0 Å². The molecule has 0 aromatic carbocycles. The van der Waals surface area contributed by atoms with Crippen LogP contribution in [0.25, 0.3) is 0 Å². The molecule has 7 heteroatoms. The molecule has 142 valence electrons. The zero-order valence-electron chi connectivity index (χ0n) is 15.5.